The predicted octanol–water partition coefficient (Wildman–Crippen LogP) is 1.21. The van der Waals surface area contributed by atoms with Gasteiger partial charge in [-0.25, -0.2) is 4.39 Å². The van der Waals surface area contributed by atoms with Crippen molar-refractivity contribution < 1.29 is 9.60 Å². The lowest BCUT2D eigenvalue weighted by molar-refractivity contribution is 0.318. The third kappa shape index (κ3) is 1.68. The summed E-state index contributed by atoms with van der Waals surface area (Å²) in [4.78, 5) is 0.488. The van der Waals surface area contributed by atoms with Gasteiger partial charge in [-0.3, -0.25) is 0 Å². The van der Waals surface area contributed by atoms with Crippen LogP contribution >= 0.6 is 12.6 Å². The molecule has 1 aromatic rings. The van der Waals surface area contributed by atoms with Crippen LogP contribution in [0.1, 0.15) is 5.56 Å². The fourth-order valence-electron chi connectivity index (χ4n) is 0.766. The molecule has 0 unspecified atom stereocenters. The Morgan fingerprint density at radius 1 is 1.58 bits per heavy atom. The number of amidine groups is 1. The van der Waals surface area contributed by atoms with Gasteiger partial charge >= 0.3 is 0 Å². The highest BCUT2D eigenvalue weighted by atomic mass is 32.1. The molecule has 5 heteroatoms. The Hall–Kier alpha value is -1.23. The summed E-state index contributed by atoms with van der Waals surface area (Å²) in [5, 5.41) is 10.9. The molecule has 3 N–H and O–H groups in total. The van der Waals surface area contributed by atoms with Gasteiger partial charge in [-0.15, -0.1) is 12.6 Å². The molecule has 0 radical (unpaired) electrons. The van der Waals surface area contributed by atoms with E-state index in [9.17, 15) is 4.39 Å². The Labute approximate surface area is 74.1 Å². The number of oxime groups is 1. The lowest BCUT2D eigenvalue weighted by Gasteiger charge is -2.00. The van der Waals surface area contributed by atoms with Crippen molar-refractivity contribution >= 4 is 18.5 Å². The number of thiol groups is 1. The van der Waals surface area contributed by atoms with Gasteiger partial charge in [0.15, 0.2) is 5.84 Å². The van der Waals surface area contributed by atoms with Crippen molar-refractivity contribution in [2.45, 2.75) is 4.90 Å². The van der Waals surface area contributed by atoms with Crippen LogP contribution in [0, 0.1) is 5.82 Å². The van der Waals surface area contributed by atoms with E-state index >= 15 is 0 Å². The van der Waals surface area contributed by atoms with Crippen LogP contribution in [-0.4, -0.2) is 11.0 Å². The minimum absolute atomic E-state index is 0.0651. The van der Waals surface area contributed by atoms with Crippen LogP contribution in [0.5, 0.6) is 0 Å². The summed E-state index contributed by atoms with van der Waals surface area (Å²) in [5.74, 6) is -0.807. The molecule has 0 saturated heterocycles. The summed E-state index contributed by atoms with van der Waals surface area (Å²) in [7, 11) is 0. The molecule has 0 bridgehead atoms. The van der Waals surface area contributed by atoms with Crippen LogP contribution < -0.4 is 5.73 Å². The van der Waals surface area contributed by atoms with Crippen LogP contribution in [-0.2, 0) is 0 Å². The molecular formula is C7H7FN2OS. The van der Waals surface area contributed by atoms with Crippen molar-refractivity contribution in [3.05, 3.63) is 29.6 Å². The number of nitrogens with two attached hydrogens (primary N) is 1. The molecule has 12 heavy (non-hydrogen) atoms. The second-order valence-corrected chi connectivity index (χ2v) is 2.67. The van der Waals surface area contributed by atoms with Gasteiger partial charge in [0.1, 0.15) is 5.82 Å². The van der Waals surface area contributed by atoms with E-state index in [0.29, 0.717) is 4.90 Å². The summed E-state index contributed by atoms with van der Waals surface area (Å²) in [6.07, 6.45) is 0. The summed E-state index contributed by atoms with van der Waals surface area (Å²) in [6.45, 7) is 0. The number of rotatable bonds is 1. The molecule has 0 aliphatic heterocycles. The fourth-order valence-corrected chi connectivity index (χ4v) is 0.953. The summed E-state index contributed by atoms with van der Waals surface area (Å²) < 4.78 is 13.0. The maximum absolute atomic E-state index is 13.0. The zero-order valence-electron chi connectivity index (χ0n) is 6.03. The van der Waals surface area contributed by atoms with Gasteiger partial charge in [-0.1, -0.05) is 5.16 Å². The number of hydrogen-bond donors (Lipinski definition) is 3. The molecule has 0 fully saturated rings. The van der Waals surface area contributed by atoms with E-state index < -0.39 is 5.82 Å². The van der Waals surface area contributed by atoms with Crippen LogP contribution in [0.15, 0.2) is 28.3 Å². The SMILES string of the molecule is N/C(=N\O)c1ccc(S)cc1F. The molecule has 0 atom stereocenters. The van der Waals surface area contributed by atoms with Crippen molar-refractivity contribution in [1.29, 1.82) is 0 Å². The highest BCUT2D eigenvalue weighted by molar-refractivity contribution is 7.80. The van der Waals surface area contributed by atoms with Crippen molar-refractivity contribution in [2.75, 3.05) is 0 Å². The zero-order valence-corrected chi connectivity index (χ0v) is 6.92. The first-order valence-corrected chi connectivity index (χ1v) is 3.56. The van der Waals surface area contributed by atoms with E-state index in [1.54, 1.807) is 6.07 Å². The first-order valence-electron chi connectivity index (χ1n) is 3.11. The predicted molar refractivity (Wildman–Crippen MR) is 46.2 cm³/mol. The van der Waals surface area contributed by atoms with Gasteiger partial charge in [0.05, 0.1) is 5.56 Å². The molecule has 0 aromatic heterocycles. The Morgan fingerprint density at radius 2 is 2.25 bits per heavy atom. The summed E-state index contributed by atoms with van der Waals surface area (Å²) in [6, 6.07) is 4.14. The van der Waals surface area contributed by atoms with Crippen LogP contribution in [0.25, 0.3) is 0 Å². The van der Waals surface area contributed by atoms with E-state index in [1.807, 2.05) is 0 Å². The lowest BCUT2D eigenvalue weighted by Crippen LogP contribution is -2.14. The average Bonchev–Trinajstić information content (AvgIpc) is 2.03. The quantitative estimate of drug-likeness (QED) is 0.203. The molecule has 0 heterocycles. The van der Waals surface area contributed by atoms with Gasteiger partial charge in [0, 0.05) is 4.90 Å². The summed E-state index contributed by atoms with van der Waals surface area (Å²) >= 11 is 3.92. The van der Waals surface area contributed by atoms with E-state index in [1.165, 1.54) is 12.1 Å². The molecule has 1 rings (SSSR count). The topological polar surface area (TPSA) is 58.6 Å². The second-order valence-electron chi connectivity index (χ2n) is 2.15. The van der Waals surface area contributed by atoms with Crippen molar-refractivity contribution in [2.24, 2.45) is 10.9 Å². The molecule has 1 aromatic carbocycles. The number of hydrogen-bond acceptors (Lipinski definition) is 3. The van der Waals surface area contributed by atoms with E-state index in [0.717, 1.165) is 0 Å². The van der Waals surface area contributed by atoms with Crippen LogP contribution in [0.4, 0.5) is 4.39 Å². The minimum atomic E-state index is -0.558. The molecule has 0 spiro atoms. The maximum Gasteiger partial charge on any atom is 0.173 e. The third-order valence-electron chi connectivity index (χ3n) is 1.34. The van der Waals surface area contributed by atoms with Crippen molar-refractivity contribution in [3.8, 4) is 0 Å². The Kier molecular flexibility index (Phi) is 2.54. The molecule has 0 aliphatic carbocycles. The highest BCUT2D eigenvalue weighted by Gasteiger charge is 2.05. The second kappa shape index (κ2) is 3.44. The van der Waals surface area contributed by atoms with E-state index in [4.69, 9.17) is 10.9 Å². The van der Waals surface area contributed by atoms with Gasteiger partial charge in [-0.2, -0.15) is 0 Å². The van der Waals surface area contributed by atoms with Crippen molar-refractivity contribution in [3.63, 3.8) is 0 Å². The lowest BCUT2D eigenvalue weighted by atomic mass is 10.2. The van der Waals surface area contributed by atoms with Crippen molar-refractivity contribution in [1.82, 2.24) is 0 Å². The fraction of sp³-hybridized carbons (Fsp3) is 0. The molecule has 3 nitrogen and oxygen atoms in total. The molecule has 0 saturated carbocycles. The minimum Gasteiger partial charge on any atom is -0.409 e. The number of halogens is 1. The number of nitrogens with zero attached hydrogens (tertiary/aromatic N) is 1. The standard InChI is InChI=1S/C7H7FN2OS/c8-6-3-4(12)1-2-5(6)7(9)10-11/h1-3,11-12H,(H2,9,10). The Bertz CT molecular complexity index is 327. The first kappa shape index (κ1) is 8.86. The molecule has 0 aliphatic rings. The number of benzene rings is 1. The van der Waals surface area contributed by atoms with Gasteiger partial charge in [0.25, 0.3) is 0 Å². The molecular weight excluding hydrogens is 179 g/mol. The molecule has 0 amide bonds. The third-order valence-corrected chi connectivity index (χ3v) is 1.61. The van der Waals surface area contributed by atoms with Crippen LogP contribution in [0.2, 0.25) is 0 Å². The smallest absolute Gasteiger partial charge is 0.173 e. The van der Waals surface area contributed by atoms with Crippen LogP contribution in [0.3, 0.4) is 0 Å². The Balaban J connectivity index is 3.18. The van der Waals surface area contributed by atoms with Gasteiger partial charge < -0.3 is 10.9 Å². The highest BCUT2D eigenvalue weighted by Crippen LogP contribution is 2.12. The average molecular weight is 186 g/mol. The summed E-state index contributed by atoms with van der Waals surface area (Å²) in [5.41, 5.74) is 5.25. The molecule has 64 valence electrons. The Morgan fingerprint density at radius 3 is 2.75 bits per heavy atom. The van der Waals surface area contributed by atoms with E-state index in [2.05, 4.69) is 17.8 Å². The largest absolute Gasteiger partial charge is 0.409 e. The zero-order chi connectivity index (χ0) is 9.14. The first-order chi connectivity index (χ1) is 5.65. The van der Waals surface area contributed by atoms with Gasteiger partial charge in [-0.05, 0) is 18.2 Å². The van der Waals surface area contributed by atoms with E-state index in [-0.39, 0.29) is 11.4 Å². The normalized spacial score (nSPS) is 11.7. The monoisotopic (exact) mass is 186 g/mol. The van der Waals surface area contributed by atoms with Gasteiger partial charge in [0.2, 0.25) is 0 Å². The maximum atomic E-state index is 13.0.